The Labute approximate surface area is 193 Å². The SMILES string of the molecule is Cc1nsc(N2C[C@H]3CC[C@@H](C2)C3Nc2nc3c(-c4ccc(F)c(F)c4C)cccn3n2)n1. The molecule has 1 aromatic carbocycles. The van der Waals surface area contributed by atoms with E-state index in [1.54, 1.807) is 17.5 Å². The maximum atomic E-state index is 14.2. The molecule has 1 saturated carbocycles. The molecule has 3 aromatic heterocycles. The second-order valence-electron chi connectivity index (χ2n) is 8.96. The van der Waals surface area contributed by atoms with E-state index in [2.05, 4.69) is 24.7 Å². The summed E-state index contributed by atoms with van der Waals surface area (Å²) in [5.74, 6) is 0.659. The van der Waals surface area contributed by atoms with Crippen molar-refractivity contribution in [3.63, 3.8) is 0 Å². The molecule has 1 N–H and O–H groups in total. The minimum Gasteiger partial charge on any atom is -0.349 e. The summed E-state index contributed by atoms with van der Waals surface area (Å²) in [6.45, 7) is 5.39. The lowest BCUT2D eigenvalue weighted by atomic mass is 9.92. The highest BCUT2D eigenvalue weighted by atomic mass is 32.1. The molecule has 2 fully saturated rings. The van der Waals surface area contributed by atoms with E-state index in [0.717, 1.165) is 48.5 Å². The summed E-state index contributed by atoms with van der Waals surface area (Å²) in [4.78, 5) is 11.7. The first-order chi connectivity index (χ1) is 16.0. The molecule has 1 aliphatic carbocycles. The van der Waals surface area contributed by atoms with Crippen LogP contribution in [0.15, 0.2) is 30.5 Å². The van der Waals surface area contributed by atoms with Gasteiger partial charge in [-0.1, -0.05) is 6.07 Å². The molecule has 0 spiro atoms. The fourth-order valence-corrected chi connectivity index (χ4v) is 5.99. The number of aryl methyl sites for hydroxylation is 1. The van der Waals surface area contributed by atoms with Gasteiger partial charge in [0.05, 0.1) is 0 Å². The minimum atomic E-state index is -0.850. The Balaban J connectivity index is 1.28. The van der Waals surface area contributed by atoms with Gasteiger partial charge in [-0.3, -0.25) is 0 Å². The largest absolute Gasteiger partial charge is 0.349 e. The van der Waals surface area contributed by atoms with Crippen molar-refractivity contribution >= 4 is 28.3 Å². The number of nitrogens with zero attached hydrogens (tertiary/aromatic N) is 6. The average Bonchev–Trinajstić information content (AvgIpc) is 3.48. The second-order valence-corrected chi connectivity index (χ2v) is 9.69. The maximum absolute atomic E-state index is 14.2. The predicted molar refractivity (Wildman–Crippen MR) is 124 cm³/mol. The Morgan fingerprint density at radius 1 is 1.03 bits per heavy atom. The van der Waals surface area contributed by atoms with Gasteiger partial charge in [0.25, 0.3) is 0 Å². The molecule has 6 rings (SSSR count). The van der Waals surface area contributed by atoms with Crippen molar-refractivity contribution in [1.29, 1.82) is 0 Å². The quantitative estimate of drug-likeness (QED) is 0.478. The molecule has 2 aliphatic rings. The number of pyridine rings is 1. The van der Waals surface area contributed by atoms with E-state index in [9.17, 15) is 8.78 Å². The standard InChI is InChI=1S/C23H23F2N7S/c1-12-16(7-8-18(24)19(12)25)17-4-3-9-32-21(17)28-22(29-32)27-20-14-5-6-15(20)11-31(10-14)23-26-13(2)30-33-23/h3-4,7-9,14-15,20H,5-6,10-11H2,1-2H3,(H,27,29)/t14-,15+,20?. The Morgan fingerprint density at radius 2 is 1.82 bits per heavy atom. The molecule has 1 aliphatic heterocycles. The van der Waals surface area contributed by atoms with E-state index >= 15 is 0 Å². The third-order valence-electron chi connectivity index (χ3n) is 6.91. The van der Waals surface area contributed by atoms with Gasteiger partial charge in [0, 0.05) is 42.4 Å². The molecule has 10 heteroatoms. The number of fused-ring (bicyclic) bond motifs is 3. The van der Waals surface area contributed by atoms with Crippen molar-refractivity contribution in [3.05, 3.63) is 53.5 Å². The van der Waals surface area contributed by atoms with Crippen LogP contribution in [-0.2, 0) is 0 Å². The molecular weight excluding hydrogens is 444 g/mol. The summed E-state index contributed by atoms with van der Waals surface area (Å²) in [5, 5.41) is 9.22. The first kappa shape index (κ1) is 20.5. The van der Waals surface area contributed by atoms with Crippen LogP contribution in [-0.4, -0.2) is 43.1 Å². The van der Waals surface area contributed by atoms with E-state index in [0.29, 0.717) is 35.0 Å². The van der Waals surface area contributed by atoms with Gasteiger partial charge in [-0.05, 0) is 67.9 Å². The van der Waals surface area contributed by atoms with Gasteiger partial charge in [0.15, 0.2) is 17.3 Å². The number of hydrogen-bond acceptors (Lipinski definition) is 7. The molecule has 2 bridgehead atoms. The van der Waals surface area contributed by atoms with Crippen molar-refractivity contribution in [2.24, 2.45) is 11.8 Å². The summed E-state index contributed by atoms with van der Waals surface area (Å²) in [7, 11) is 0. The lowest BCUT2D eigenvalue weighted by molar-refractivity contribution is 0.376. The van der Waals surface area contributed by atoms with E-state index in [1.807, 2.05) is 25.3 Å². The fraction of sp³-hybridized carbons (Fsp3) is 0.391. The van der Waals surface area contributed by atoms with Gasteiger partial charge < -0.3 is 10.2 Å². The normalized spacial score (nSPS) is 22.3. The van der Waals surface area contributed by atoms with Crippen LogP contribution >= 0.6 is 11.5 Å². The van der Waals surface area contributed by atoms with Gasteiger partial charge >= 0.3 is 0 Å². The zero-order valence-corrected chi connectivity index (χ0v) is 19.1. The molecule has 33 heavy (non-hydrogen) atoms. The smallest absolute Gasteiger partial charge is 0.243 e. The number of anilines is 2. The van der Waals surface area contributed by atoms with Gasteiger partial charge in [-0.2, -0.15) is 9.36 Å². The van der Waals surface area contributed by atoms with Crippen LogP contribution in [0.2, 0.25) is 0 Å². The van der Waals surface area contributed by atoms with Crippen LogP contribution in [0.25, 0.3) is 16.8 Å². The summed E-state index contributed by atoms with van der Waals surface area (Å²) in [6.07, 6.45) is 4.13. The molecule has 7 nitrogen and oxygen atoms in total. The molecule has 1 saturated heterocycles. The molecular formula is C23H23F2N7S. The van der Waals surface area contributed by atoms with E-state index in [-0.39, 0.29) is 5.56 Å². The monoisotopic (exact) mass is 467 g/mol. The van der Waals surface area contributed by atoms with E-state index in [4.69, 9.17) is 4.98 Å². The second kappa shape index (κ2) is 7.72. The molecule has 1 unspecified atom stereocenters. The number of hydrogen-bond donors (Lipinski definition) is 1. The van der Waals surface area contributed by atoms with E-state index in [1.165, 1.54) is 11.5 Å². The van der Waals surface area contributed by atoms with Crippen molar-refractivity contribution in [2.45, 2.75) is 32.7 Å². The average molecular weight is 468 g/mol. The van der Waals surface area contributed by atoms with Crippen LogP contribution in [0.4, 0.5) is 19.9 Å². The van der Waals surface area contributed by atoms with Crippen LogP contribution in [0.5, 0.6) is 0 Å². The summed E-state index contributed by atoms with van der Waals surface area (Å²) in [6, 6.07) is 6.74. The van der Waals surface area contributed by atoms with Crippen LogP contribution in [0.3, 0.4) is 0 Å². The highest BCUT2D eigenvalue weighted by Crippen LogP contribution is 2.40. The predicted octanol–water partition coefficient (Wildman–Crippen LogP) is 4.47. The van der Waals surface area contributed by atoms with Crippen molar-refractivity contribution in [3.8, 4) is 11.1 Å². The molecule has 3 atom stereocenters. The summed E-state index contributed by atoms with van der Waals surface area (Å²) >= 11 is 1.46. The fourth-order valence-electron chi connectivity index (χ4n) is 5.30. The third kappa shape index (κ3) is 3.43. The molecule has 0 amide bonds. The lowest BCUT2D eigenvalue weighted by Crippen LogP contribution is -2.48. The van der Waals surface area contributed by atoms with Gasteiger partial charge in [0.2, 0.25) is 11.1 Å². The van der Waals surface area contributed by atoms with Gasteiger partial charge in [0.1, 0.15) is 5.82 Å². The summed E-state index contributed by atoms with van der Waals surface area (Å²) in [5.41, 5.74) is 2.21. The van der Waals surface area contributed by atoms with Crippen LogP contribution < -0.4 is 10.2 Å². The summed E-state index contributed by atoms with van der Waals surface area (Å²) < 4.78 is 33.9. The van der Waals surface area contributed by atoms with E-state index < -0.39 is 11.6 Å². The Kier molecular flexibility index (Phi) is 4.79. The Hall–Kier alpha value is -3.14. The number of piperidine rings is 1. The first-order valence-corrected chi connectivity index (χ1v) is 11.9. The van der Waals surface area contributed by atoms with Gasteiger partial charge in [-0.15, -0.1) is 5.10 Å². The number of nitrogens with one attached hydrogen (secondary N) is 1. The van der Waals surface area contributed by atoms with Gasteiger partial charge in [-0.25, -0.2) is 18.3 Å². The zero-order valence-electron chi connectivity index (χ0n) is 18.3. The first-order valence-electron chi connectivity index (χ1n) is 11.1. The molecule has 4 heterocycles. The molecule has 0 radical (unpaired) electrons. The topological polar surface area (TPSA) is 71.2 Å². The van der Waals surface area contributed by atoms with Crippen molar-refractivity contribution < 1.29 is 8.78 Å². The Morgan fingerprint density at radius 3 is 2.55 bits per heavy atom. The maximum Gasteiger partial charge on any atom is 0.243 e. The zero-order chi connectivity index (χ0) is 22.7. The third-order valence-corrected chi connectivity index (χ3v) is 7.78. The lowest BCUT2D eigenvalue weighted by Gasteiger charge is -2.37. The minimum absolute atomic E-state index is 0.262. The van der Waals surface area contributed by atoms with Crippen LogP contribution in [0.1, 0.15) is 24.2 Å². The number of benzene rings is 1. The molecule has 4 aromatic rings. The van der Waals surface area contributed by atoms with Crippen LogP contribution in [0, 0.1) is 37.3 Å². The number of aromatic nitrogens is 5. The molecule has 170 valence electrons. The number of rotatable bonds is 4. The highest BCUT2D eigenvalue weighted by Gasteiger charge is 2.43. The number of halogens is 2. The van der Waals surface area contributed by atoms with Crippen molar-refractivity contribution in [2.75, 3.05) is 23.3 Å². The highest BCUT2D eigenvalue weighted by molar-refractivity contribution is 7.09. The van der Waals surface area contributed by atoms with Crippen molar-refractivity contribution in [1.82, 2.24) is 24.0 Å². The Bertz CT molecular complexity index is 1340.